The topological polar surface area (TPSA) is 56.8 Å². The number of nitrogens with one attached hydrogen (secondary N) is 2. The maximum Gasteiger partial charge on any atom is 0.248 e. The number of nitrogens with zero attached hydrogens (tertiary/aromatic N) is 2. The molecule has 1 aromatic carbocycles. The van der Waals surface area contributed by atoms with E-state index in [1.165, 1.54) is 11.1 Å². The first kappa shape index (κ1) is 19.3. The summed E-state index contributed by atoms with van der Waals surface area (Å²) in [4.78, 5) is 14.5. The lowest BCUT2D eigenvalue weighted by molar-refractivity contribution is -0.139. The first-order valence-electron chi connectivity index (χ1n) is 9.46. The number of piperidine rings is 1. The van der Waals surface area contributed by atoms with Gasteiger partial charge in [-0.3, -0.25) is 4.79 Å². The average Bonchev–Trinajstić information content (AvgIpc) is 3.23. The fourth-order valence-corrected chi connectivity index (χ4v) is 5.35. The van der Waals surface area contributed by atoms with Gasteiger partial charge in [0.15, 0.2) is 0 Å². The number of likely N-dealkylation sites (tertiary alicyclic amines) is 1. The van der Waals surface area contributed by atoms with Crippen molar-refractivity contribution >= 4 is 34.8 Å². The number of ether oxygens (including phenoxy) is 1. The number of hydrogen-bond donors (Lipinski definition) is 2. The summed E-state index contributed by atoms with van der Waals surface area (Å²) in [5.74, 6) is 0.226. The lowest BCUT2D eigenvalue weighted by atomic mass is 9.79. The van der Waals surface area contributed by atoms with Crippen LogP contribution in [0, 0.1) is 0 Å². The highest BCUT2D eigenvalue weighted by molar-refractivity contribution is 6.44. The summed E-state index contributed by atoms with van der Waals surface area (Å²) in [5.41, 5.74) is 6.86. The second kappa shape index (κ2) is 7.41. The molecule has 8 heteroatoms. The molecule has 27 heavy (non-hydrogen) atoms. The van der Waals surface area contributed by atoms with Crippen LogP contribution in [0.4, 0.5) is 5.69 Å². The number of hydrazine groups is 1. The number of methoxy groups -OCH3 is 1. The van der Waals surface area contributed by atoms with Crippen LogP contribution in [-0.2, 0) is 9.53 Å². The Hall–Kier alpha value is -1.05. The largest absolute Gasteiger partial charge is 0.380 e. The Morgan fingerprint density at radius 1 is 1.33 bits per heavy atom. The molecule has 3 aliphatic rings. The predicted octanol–water partition coefficient (Wildman–Crippen LogP) is 3.02. The number of hydrogen-bond acceptors (Lipinski definition) is 5. The molecule has 1 aromatic rings. The molecule has 0 bridgehead atoms. The van der Waals surface area contributed by atoms with Gasteiger partial charge in [-0.2, -0.15) is 0 Å². The van der Waals surface area contributed by atoms with Crippen LogP contribution in [0.25, 0.3) is 0 Å². The van der Waals surface area contributed by atoms with E-state index in [4.69, 9.17) is 27.9 Å². The molecule has 0 saturated carbocycles. The molecular weight excluding hydrogens is 387 g/mol. The smallest absolute Gasteiger partial charge is 0.248 e. The van der Waals surface area contributed by atoms with E-state index in [0.29, 0.717) is 10.0 Å². The van der Waals surface area contributed by atoms with Crippen molar-refractivity contribution in [3.8, 4) is 0 Å². The van der Waals surface area contributed by atoms with Gasteiger partial charge in [0.1, 0.15) is 6.61 Å². The molecule has 4 atom stereocenters. The molecule has 0 aliphatic carbocycles. The second-order valence-electron chi connectivity index (χ2n) is 7.77. The van der Waals surface area contributed by atoms with Gasteiger partial charge in [-0.15, -0.1) is 0 Å². The minimum absolute atomic E-state index is 0.0391. The van der Waals surface area contributed by atoms with E-state index in [9.17, 15) is 4.79 Å². The Morgan fingerprint density at radius 3 is 2.78 bits per heavy atom. The predicted molar refractivity (Wildman–Crippen MR) is 107 cm³/mol. The number of fused-ring (bicyclic) bond motifs is 3. The van der Waals surface area contributed by atoms with Crippen LogP contribution >= 0.6 is 23.2 Å². The zero-order chi connectivity index (χ0) is 19.3. The summed E-state index contributed by atoms with van der Waals surface area (Å²) in [5, 5.41) is 6.88. The SMILES string of the molecule is COCC(=O)N1CCC2Nc3c(Cl)c(Cl)cc(C4CCN(C)N4)c3C2[C@H]1C. The maximum absolute atomic E-state index is 12.5. The van der Waals surface area contributed by atoms with Crippen molar-refractivity contribution in [3.63, 3.8) is 0 Å². The van der Waals surface area contributed by atoms with Crippen LogP contribution in [-0.4, -0.2) is 61.8 Å². The third kappa shape index (κ3) is 3.21. The van der Waals surface area contributed by atoms with Crippen LogP contribution < -0.4 is 10.7 Å². The number of amides is 1. The molecule has 2 fully saturated rings. The molecule has 4 rings (SSSR count). The first-order valence-corrected chi connectivity index (χ1v) is 10.2. The average molecular weight is 413 g/mol. The molecule has 0 spiro atoms. The van der Waals surface area contributed by atoms with E-state index in [1.807, 2.05) is 18.0 Å². The summed E-state index contributed by atoms with van der Waals surface area (Å²) in [6, 6.07) is 2.54. The van der Waals surface area contributed by atoms with Crippen molar-refractivity contribution in [1.82, 2.24) is 15.3 Å². The van der Waals surface area contributed by atoms with Gasteiger partial charge in [-0.1, -0.05) is 23.2 Å². The van der Waals surface area contributed by atoms with Crippen LogP contribution in [0.2, 0.25) is 10.0 Å². The van der Waals surface area contributed by atoms with E-state index >= 15 is 0 Å². The molecule has 1 amide bonds. The van der Waals surface area contributed by atoms with Crippen LogP contribution in [0.5, 0.6) is 0 Å². The molecule has 2 saturated heterocycles. The first-order chi connectivity index (χ1) is 12.9. The minimum Gasteiger partial charge on any atom is -0.380 e. The lowest BCUT2D eigenvalue weighted by Crippen LogP contribution is -2.52. The van der Waals surface area contributed by atoms with E-state index in [0.717, 1.165) is 31.6 Å². The highest BCUT2D eigenvalue weighted by Gasteiger charge is 2.46. The highest BCUT2D eigenvalue weighted by atomic mass is 35.5. The Labute approximate surface area is 170 Å². The molecule has 2 N–H and O–H groups in total. The molecular formula is C19H26Cl2N4O2. The number of benzene rings is 1. The highest BCUT2D eigenvalue weighted by Crippen LogP contribution is 2.51. The summed E-state index contributed by atoms with van der Waals surface area (Å²) < 4.78 is 5.08. The molecule has 3 heterocycles. The van der Waals surface area contributed by atoms with Crippen molar-refractivity contribution in [2.45, 2.75) is 43.8 Å². The van der Waals surface area contributed by atoms with Crippen molar-refractivity contribution in [1.29, 1.82) is 0 Å². The number of rotatable bonds is 3. The number of carbonyl (C=O) groups excluding carboxylic acids is 1. The Morgan fingerprint density at radius 2 is 2.11 bits per heavy atom. The lowest BCUT2D eigenvalue weighted by Gasteiger charge is -2.41. The summed E-state index contributed by atoms with van der Waals surface area (Å²) in [6.45, 7) is 3.94. The maximum atomic E-state index is 12.5. The quantitative estimate of drug-likeness (QED) is 0.798. The summed E-state index contributed by atoms with van der Waals surface area (Å²) in [6.07, 6.45) is 1.89. The van der Waals surface area contributed by atoms with E-state index in [-0.39, 0.29) is 36.6 Å². The zero-order valence-corrected chi connectivity index (χ0v) is 17.4. The van der Waals surface area contributed by atoms with Crippen LogP contribution in [0.3, 0.4) is 0 Å². The zero-order valence-electron chi connectivity index (χ0n) is 15.9. The monoisotopic (exact) mass is 412 g/mol. The number of halogens is 2. The van der Waals surface area contributed by atoms with Gasteiger partial charge in [-0.25, -0.2) is 10.4 Å². The van der Waals surface area contributed by atoms with Gasteiger partial charge in [0.05, 0.1) is 15.7 Å². The Bertz CT molecular complexity index is 760. The molecule has 3 aliphatic heterocycles. The summed E-state index contributed by atoms with van der Waals surface area (Å²) >= 11 is 13.1. The van der Waals surface area contributed by atoms with Crippen molar-refractivity contribution in [2.24, 2.45) is 0 Å². The third-order valence-electron chi connectivity index (χ3n) is 6.17. The molecule has 148 valence electrons. The normalized spacial score (nSPS) is 30.2. The van der Waals surface area contributed by atoms with Crippen LogP contribution in [0.1, 0.15) is 42.9 Å². The van der Waals surface area contributed by atoms with Crippen LogP contribution in [0.15, 0.2) is 6.07 Å². The summed E-state index contributed by atoms with van der Waals surface area (Å²) in [7, 11) is 3.61. The Balaban J connectivity index is 1.75. The van der Waals surface area contributed by atoms with E-state index in [1.54, 1.807) is 7.11 Å². The fraction of sp³-hybridized carbons (Fsp3) is 0.632. The van der Waals surface area contributed by atoms with Gasteiger partial charge in [0.2, 0.25) is 5.91 Å². The van der Waals surface area contributed by atoms with Gasteiger partial charge >= 0.3 is 0 Å². The Kier molecular flexibility index (Phi) is 5.29. The standard InChI is InChI=1S/C19H26Cl2N4O2/c1-10-16-14(5-7-25(10)15(26)9-27-3)22-19-17(16)11(8-12(20)18(19)21)13-4-6-24(2)23-13/h8,10,13-14,16,22-23H,4-7,9H2,1-3H3/t10-,13?,14?,16?/m1/s1. The fourth-order valence-electron chi connectivity index (χ4n) is 4.93. The van der Waals surface area contributed by atoms with Crippen molar-refractivity contribution in [3.05, 3.63) is 27.2 Å². The van der Waals surface area contributed by atoms with Gasteiger partial charge in [0, 0.05) is 51.3 Å². The van der Waals surface area contributed by atoms with Crippen molar-refractivity contribution < 1.29 is 9.53 Å². The van der Waals surface area contributed by atoms with E-state index in [2.05, 4.69) is 22.7 Å². The molecule has 3 unspecified atom stereocenters. The van der Waals surface area contributed by atoms with Gasteiger partial charge < -0.3 is 15.0 Å². The van der Waals surface area contributed by atoms with Crippen molar-refractivity contribution in [2.75, 3.05) is 39.2 Å². The second-order valence-corrected chi connectivity index (χ2v) is 8.55. The number of carbonyl (C=O) groups is 1. The van der Waals surface area contributed by atoms with Gasteiger partial charge in [-0.05, 0) is 37.0 Å². The third-order valence-corrected chi connectivity index (χ3v) is 6.96. The minimum atomic E-state index is 0.0391. The molecule has 0 aromatic heterocycles. The van der Waals surface area contributed by atoms with Gasteiger partial charge in [0.25, 0.3) is 0 Å². The molecule has 6 nitrogen and oxygen atoms in total. The number of anilines is 1. The van der Waals surface area contributed by atoms with E-state index < -0.39 is 0 Å². The molecule has 0 radical (unpaired) electrons.